The molecule has 1 N–H and O–H groups in total. The normalized spacial score (nSPS) is 9.50. The van der Waals surface area contributed by atoms with Crippen LogP contribution < -0.4 is 5.32 Å². The summed E-state index contributed by atoms with van der Waals surface area (Å²) >= 11 is 0. The Morgan fingerprint density at radius 3 is 2.79 bits per heavy atom. The molecule has 4 heteroatoms. The minimum atomic E-state index is -0.559. The van der Waals surface area contributed by atoms with Gasteiger partial charge in [0.15, 0.2) is 0 Å². The summed E-state index contributed by atoms with van der Waals surface area (Å²) in [6, 6.07) is 5.70. The molecular weight excluding hydrogens is 185 g/mol. The van der Waals surface area contributed by atoms with Crippen molar-refractivity contribution in [1.82, 2.24) is 5.32 Å². The molecule has 0 saturated heterocycles. The van der Waals surface area contributed by atoms with Crippen LogP contribution in [0.25, 0.3) is 0 Å². The van der Waals surface area contributed by atoms with Gasteiger partial charge in [-0.15, -0.1) is 0 Å². The average Bonchev–Trinajstić information content (AvgIpc) is 2.18. The highest BCUT2D eigenvalue weighted by molar-refractivity contribution is 5.94. The number of aldehydes is 1. The van der Waals surface area contributed by atoms with E-state index in [1.165, 1.54) is 18.2 Å². The van der Waals surface area contributed by atoms with Gasteiger partial charge in [0, 0.05) is 13.0 Å². The van der Waals surface area contributed by atoms with E-state index in [0.717, 1.165) is 0 Å². The van der Waals surface area contributed by atoms with Crippen LogP contribution in [0.1, 0.15) is 16.8 Å². The van der Waals surface area contributed by atoms with Gasteiger partial charge in [-0.1, -0.05) is 12.1 Å². The molecule has 0 fully saturated rings. The van der Waals surface area contributed by atoms with E-state index < -0.39 is 11.7 Å². The SMILES string of the molecule is O=CCCNC(=O)c1ccccc1F. The van der Waals surface area contributed by atoms with Crippen molar-refractivity contribution in [2.24, 2.45) is 0 Å². The summed E-state index contributed by atoms with van der Waals surface area (Å²) in [6.07, 6.45) is 0.932. The van der Waals surface area contributed by atoms with Crippen LogP contribution in [0.5, 0.6) is 0 Å². The molecule has 0 spiro atoms. The number of carbonyl (C=O) groups excluding carboxylic acids is 2. The van der Waals surface area contributed by atoms with Crippen molar-refractivity contribution in [2.75, 3.05) is 6.54 Å². The highest BCUT2D eigenvalue weighted by Crippen LogP contribution is 2.05. The van der Waals surface area contributed by atoms with Gasteiger partial charge in [-0.05, 0) is 12.1 Å². The first-order chi connectivity index (χ1) is 6.75. The highest BCUT2D eigenvalue weighted by atomic mass is 19.1. The summed E-state index contributed by atoms with van der Waals surface area (Å²) in [7, 11) is 0. The molecule has 1 aromatic rings. The molecule has 0 aliphatic carbocycles. The Bertz CT molecular complexity index is 339. The number of amides is 1. The highest BCUT2D eigenvalue weighted by Gasteiger charge is 2.08. The Morgan fingerprint density at radius 1 is 1.43 bits per heavy atom. The van der Waals surface area contributed by atoms with Crippen LogP contribution in [-0.4, -0.2) is 18.7 Å². The third-order valence-corrected chi connectivity index (χ3v) is 1.67. The summed E-state index contributed by atoms with van der Waals surface area (Å²) in [5.74, 6) is -1.05. The average molecular weight is 195 g/mol. The summed E-state index contributed by atoms with van der Waals surface area (Å²) in [5.41, 5.74) is -0.00148. The maximum atomic E-state index is 13.0. The number of hydrogen-bond donors (Lipinski definition) is 1. The third-order valence-electron chi connectivity index (χ3n) is 1.67. The molecule has 0 unspecified atom stereocenters. The fraction of sp³-hybridized carbons (Fsp3) is 0.200. The Hall–Kier alpha value is -1.71. The van der Waals surface area contributed by atoms with E-state index >= 15 is 0 Å². The lowest BCUT2D eigenvalue weighted by molar-refractivity contribution is -0.107. The second-order valence-corrected chi connectivity index (χ2v) is 2.69. The van der Waals surface area contributed by atoms with Gasteiger partial charge in [-0.25, -0.2) is 4.39 Å². The second kappa shape index (κ2) is 5.11. The molecule has 1 rings (SSSR count). The molecule has 0 saturated carbocycles. The van der Waals surface area contributed by atoms with E-state index in [9.17, 15) is 14.0 Å². The fourth-order valence-corrected chi connectivity index (χ4v) is 0.985. The molecule has 0 atom stereocenters. The number of hydrogen-bond acceptors (Lipinski definition) is 2. The van der Waals surface area contributed by atoms with E-state index in [0.29, 0.717) is 6.29 Å². The summed E-state index contributed by atoms with van der Waals surface area (Å²) in [6.45, 7) is 0.233. The Morgan fingerprint density at radius 2 is 2.14 bits per heavy atom. The van der Waals surface area contributed by atoms with E-state index in [2.05, 4.69) is 5.32 Å². The predicted molar refractivity (Wildman–Crippen MR) is 49.4 cm³/mol. The number of carbonyl (C=O) groups is 2. The fourth-order valence-electron chi connectivity index (χ4n) is 0.985. The van der Waals surface area contributed by atoms with Crippen LogP contribution in [0.3, 0.4) is 0 Å². The molecule has 0 aromatic heterocycles. The molecule has 3 nitrogen and oxygen atoms in total. The molecule has 74 valence electrons. The summed E-state index contributed by atoms with van der Waals surface area (Å²) in [5, 5.41) is 2.43. The Labute approximate surface area is 80.9 Å². The van der Waals surface area contributed by atoms with Crippen molar-refractivity contribution in [3.05, 3.63) is 35.6 Å². The van der Waals surface area contributed by atoms with Gasteiger partial charge in [0.1, 0.15) is 12.1 Å². The van der Waals surface area contributed by atoms with Crippen molar-refractivity contribution >= 4 is 12.2 Å². The number of rotatable bonds is 4. The standard InChI is InChI=1S/C10H10FNO2/c11-9-5-2-1-4-8(9)10(14)12-6-3-7-13/h1-2,4-5,7H,3,6H2,(H,12,14). The monoisotopic (exact) mass is 195 g/mol. The van der Waals surface area contributed by atoms with Crippen molar-refractivity contribution in [2.45, 2.75) is 6.42 Å². The van der Waals surface area contributed by atoms with E-state index in [4.69, 9.17) is 0 Å². The van der Waals surface area contributed by atoms with Gasteiger partial charge in [-0.3, -0.25) is 4.79 Å². The Balaban J connectivity index is 2.60. The predicted octanol–water partition coefficient (Wildman–Crippen LogP) is 1.14. The quantitative estimate of drug-likeness (QED) is 0.578. The molecular formula is C10H10FNO2. The molecule has 0 radical (unpaired) electrons. The Kier molecular flexibility index (Phi) is 3.79. The van der Waals surface area contributed by atoms with Crippen molar-refractivity contribution < 1.29 is 14.0 Å². The van der Waals surface area contributed by atoms with E-state index in [1.54, 1.807) is 6.07 Å². The summed E-state index contributed by atoms with van der Waals surface area (Å²) < 4.78 is 13.0. The van der Waals surface area contributed by atoms with Crippen molar-refractivity contribution in [3.8, 4) is 0 Å². The van der Waals surface area contributed by atoms with Gasteiger partial charge < -0.3 is 10.1 Å². The smallest absolute Gasteiger partial charge is 0.254 e. The van der Waals surface area contributed by atoms with Gasteiger partial charge in [0.2, 0.25) is 0 Å². The minimum Gasteiger partial charge on any atom is -0.352 e. The zero-order chi connectivity index (χ0) is 10.4. The van der Waals surface area contributed by atoms with Crippen LogP contribution >= 0.6 is 0 Å². The van der Waals surface area contributed by atoms with E-state index in [-0.39, 0.29) is 18.5 Å². The first-order valence-electron chi connectivity index (χ1n) is 4.22. The second-order valence-electron chi connectivity index (χ2n) is 2.69. The van der Waals surface area contributed by atoms with Gasteiger partial charge >= 0.3 is 0 Å². The van der Waals surface area contributed by atoms with Crippen molar-refractivity contribution in [3.63, 3.8) is 0 Å². The molecule has 1 aromatic carbocycles. The molecule has 0 bridgehead atoms. The van der Waals surface area contributed by atoms with Crippen LogP contribution in [0, 0.1) is 5.82 Å². The zero-order valence-electron chi connectivity index (χ0n) is 7.50. The third kappa shape index (κ3) is 2.65. The lowest BCUT2D eigenvalue weighted by Crippen LogP contribution is -2.25. The molecule has 14 heavy (non-hydrogen) atoms. The van der Waals surface area contributed by atoms with Crippen LogP contribution in [0.2, 0.25) is 0 Å². The topological polar surface area (TPSA) is 46.2 Å². The summed E-state index contributed by atoms with van der Waals surface area (Å²) in [4.78, 5) is 21.2. The van der Waals surface area contributed by atoms with Crippen LogP contribution in [-0.2, 0) is 4.79 Å². The van der Waals surface area contributed by atoms with Gasteiger partial charge in [-0.2, -0.15) is 0 Å². The molecule has 0 aliphatic rings. The lowest BCUT2D eigenvalue weighted by atomic mass is 10.2. The zero-order valence-corrected chi connectivity index (χ0v) is 7.50. The number of benzene rings is 1. The van der Waals surface area contributed by atoms with Gasteiger partial charge in [0.25, 0.3) is 5.91 Å². The molecule has 0 heterocycles. The lowest BCUT2D eigenvalue weighted by Gasteiger charge is -2.03. The van der Waals surface area contributed by atoms with E-state index in [1.807, 2.05) is 0 Å². The molecule has 0 aliphatic heterocycles. The molecule has 1 amide bonds. The minimum absolute atomic E-state index is 0.00148. The van der Waals surface area contributed by atoms with Crippen molar-refractivity contribution in [1.29, 1.82) is 0 Å². The van der Waals surface area contributed by atoms with Gasteiger partial charge in [0.05, 0.1) is 5.56 Å². The van der Waals surface area contributed by atoms with Crippen LogP contribution in [0.4, 0.5) is 4.39 Å². The number of nitrogens with one attached hydrogen (secondary N) is 1. The van der Waals surface area contributed by atoms with Crippen LogP contribution in [0.15, 0.2) is 24.3 Å². The first-order valence-corrected chi connectivity index (χ1v) is 4.22. The largest absolute Gasteiger partial charge is 0.352 e. The first kappa shape index (κ1) is 10.4. The maximum Gasteiger partial charge on any atom is 0.254 e. The maximum absolute atomic E-state index is 13.0. The number of halogens is 1.